The Morgan fingerprint density at radius 1 is 1.12 bits per heavy atom. The highest BCUT2D eigenvalue weighted by Gasteiger charge is 2.24. The van der Waals surface area contributed by atoms with E-state index in [0.717, 1.165) is 57.7 Å². The SMILES string of the molecule is COC(=O)CCC/C=C\CN1C(=O)CCCC1/C=C/CCCCCC=O. The predicted octanol–water partition coefficient (Wildman–Crippen LogP) is 3.97. The first-order valence-corrected chi connectivity index (χ1v) is 9.80. The van der Waals surface area contributed by atoms with E-state index in [4.69, 9.17) is 0 Å². The molecule has 26 heavy (non-hydrogen) atoms. The number of aldehydes is 1. The molecule has 0 aliphatic carbocycles. The minimum atomic E-state index is -0.180. The third-order valence-electron chi connectivity index (χ3n) is 4.61. The van der Waals surface area contributed by atoms with Crippen LogP contribution in [0.1, 0.15) is 70.6 Å². The molecule has 0 aromatic heterocycles. The molecule has 1 aliphatic rings. The first-order valence-electron chi connectivity index (χ1n) is 9.80. The van der Waals surface area contributed by atoms with Crippen LogP contribution in [0.4, 0.5) is 0 Å². The number of piperidine rings is 1. The number of carbonyl (C=O) groups is 3. The smallest absolute Gasteiger partial charge is 0.305 e. The van der Waals surface area contributed by atoms with E-state index < -0.39 is 0 Å². The van der Waals surface area contributed by atoms with Crippen LogP contribution in [0.2, 0.25) is 0 Å². The first kappa shape index (κ1) is 22.1. The summed E-state index contributed by atoms with van der Waals surface area (Å²) in [5, 5.41) is 0. The summed E-state index contributed by atoms with van der Waals surface area (Å²) < 4.78 is 4.62. The van der Waals surface area contributed by atoms with Gasteiger partial charge in [0.05, 0.1) is 13.2 Å². The molecule has 1 rings (SSSR count). The van der Waals surface area contributed by atoms with Crippen molar-refractivity contribution in [2.75, 3.05) is 13.7 Å². The van der Waals surface area contributed by atoms with Crippen molar-refractivity contribution in [3.05, 3.63) is 24.3 Å². The van der Waals surface area contributed by atoms with Gasteiger partial charge in [-0.25, -0.2) is 0 Å². The van der Waals surface area contributed by atoms with Crippen LogP contribution >= 0.6 is 0 Å². The van der Waals surface area contributed by atoms with Gasteiger partial charge in [-0.05, 0) is 44.9 Å². The monoisotopic (exact) mass is 363 g/mol. The molecule has 146 valence electrons. The zero-order chi connectivity index (χ0) is 19.0. The molecule has 0 radical (unpaired) electrons. The molecule has 0 saturated carbocycles. The molecule has 5 heteroatoms. The molecule has 0 aromatic carbocycles. The number of allylic oxidation sites excluding steroid dienone is 2. The van der Waals surface area contributed by atoms with E-state index in [1.807, 2.05) is 17.1 Å². The molecule has 0 bridgehead atoms. The fraction of sp³-hybridized carbons (Fsp3) is 0.667. The molecule has 1 atom stereocenters. The van der Waals surface area contributed by atoms with Gasteiger partial charge in [-0.1, -0.05) is 30.7 Å². The molecule has 1 saturated heterocycles. The van der Waals surface area contributed by atoms with Crippen molar-refractivity contribution in [2.24, 2.45) is 0 Å². The lowest BCUT2D eigenvalue weighted by Crippen LogP contribution is -2.42. The van der Waals surface area contributed by atoms with E-state index in [1.165, 1.54) is 7.11 Å². The van der Waals surface area contributed by atoms with Crippen LogP contribution in [0, 0.1) is 0 Å². The van der Waals surface area contributed by atoms with Crippen LogP contribution in [0.3, 0.4) is 0 Å². The number of ether oxygens (including phenoxy) is 1. The van der Waals surface area contributed by atoms with E-state index in [-0.39, 0.29) is 17.9 Å². The van der Waals surface area contributed by atoms with Crippen molar-refractivity contribution in [2.45, 2.75) is 76.7 Å². The summed E-state index contributed by atoms with van der Waals surface area (Å²) in [6, 6.07) is 0.186. The summed E-state index contributed by atoms with van der Waals surface area (Å²) in [6.07, 6.45) is 18.8. The third-order valence-corrected chi connectivity index (χ3v) is 4.61. The standard InChI is InChI=1S/C21H33NO4/c1-26-21(25)16-9-5-6-10-17-22-19(14-12-15-20(22)24)13-8-4-2-3-7-11-18-23/h6,8,10,13,18-19H,2-5,7,9,11-12,14-17H2,1H3/b10-6-,13-8+. The fourth-order valence-corrected chi connectivity index (χ4v) is 3.08. The Hall–Kier alpha value is -1.91. The summed E-state index contributed by atoms with van der Waals surface area (Å²) in [4.78, 5) is 35.5. The number of esters is 1. The largest absolute Gasteiger partial charge is 0.469 e. The quantitative estimate of drug-likeness (QED) is 0.215. The molecule has 1 unspecified atom stereocenters. The molecular weight excluding hydrogens is 330 g/mol. The van der Waals surface area contributed by atoms with Crippen LogP contribution in [0.15, 0.2) is 24.3 Å². The Bertz CT molecular complexity index is 484. The van der Waals surface area contributed by atoms with Crippen molar-refractivity contribution >= 4 is 18.2 Å². The van der Waals surface area contributed by atoms with E-state index >= 15 is 0 Å². The van der Waals surface area contributed by atoms with Gasteiger partial charge in [0.25, 0.3) is 0 Å². The lowest BCUT2D eigenvalue weighted by molar-refractivity contribution is -0.140. The lowest BCUT2D eigenvalue weighted by Gasteiger charge is -2.33. The van der Waals surface area contributed by atoms with Crippen LogP contribution in [0.5, 0.6) is 0 Å². The number of rotatable bonds is 13. The maximum atomic E-state index is 12.2. The summed E-state index contributed by atoms with van der Waals surface area (Å²) in [6.45, 7) is 0.630. The second kappa shape index (κ2) is 14.3. The van der Waals surface area contributed by atoms with Crippen LogP contribution < -0.4 is 0 Å². The predicted molar refractivity (Wildman–Crippen MR) is 103 cm³/mol. The average molecular weight is 363 g/mol. The maximum absolute atomic E-state index is 12.2. The van der Waals surface area contributed by atoms with Gasteiger partial charge in [0, 0.05) is 25.8 Å². The van der Waals surface area contributed by atoms with Crippen LogP contribution in [-0.4, -0.2) is 42.8 Å². The molecule has 0 spiro atoms. The first-order chi connectivity index (χ1) is 12.7. The normalized spacial score (nSPS) is 18.0. The highest BCUT2D eigenvalue weighted by Crippen LogP contribution is 2.19. The summed E-state index contributed by atoms with van der Waals surface area (Å²) in [5.74, 6) is 0.0389. The number of hydrogen-bond acceptors (Lipinski definition) is 4. The molecule has 5 nitrogen and oxygen atoms in total. The molecule has 0 aromatic rings. The number of unbranched alkanes of at least 4 members (excludes halogenated alkanes) is 5. The number of nitrogens with zero attached hydrogens (tertiary/aromatic N) is 1. The Morgan fingerprint density at radius 3 is 2.65 bits per heavy atom. The van der Waals surface area contributed by atoms with E-state index in [1.54, 1.807) is 0 Å². The van der Waals surface area contributed by atoms with Gasteiger partial charge in [-0.2, -0.15) is 0 Å². The molecule has 1 fully saturated rings. The number of hydrogen-bond donors (Lipinski definition) is 0. The second-order valence-electron chi connectivity index (χ2n) is 6.68. The van der Waals surface area contributed by atoms with Crippen molar-refractivity contribution in [3.63, 3.8) is 0 Å². The molecule has 0 N–H and O–H groups in total. The Kier molecular flexibility index (Phi) is 12.2. The molecule has 1 aliphatic heterocycles. The minimum absolute atomic E-state index is 0.180. The summed E-state index contributed by atoms with van der Waals surface area (Å²) in [5.41, 5.74) is 0. The van der Waals surface area contributed by atoms with E-state index in [9.17, 15) is 14.4 Å². The summed E-state index contributed by atoms with van der Waals surface area (Å²) in [7, 11) is 1.40. The molecular formula is C21H33NO4. The number of carbonyl (C=O) groups excluding carboxylic acids is 3. The number of likely N-dealkylation sites (tertiary alicyclic amines) is 1. The van der Waals surface area contributed by atoms with Gasteiger partial charge in [0.1, 0.15) is 6.29 Å². The maximum Gasteiger partial charge on any atom is 0.305 e. The highest BCUT2D eigenvalue weighted by molar-refractivity contribution is 5.77. The van der Waals surface area contributed by atoms with Gasteiger partial charge in [-0.15, -0.1) is 0 Å². The zero-order valence-corrected chi connectivity index (χ0v) is 16.0. The van der Waals surface area contributed by atoms with Crippen LogP contribution in [0.25, 0.3) is 0 Å². The van der Waals surface area contributed by atoms with Crippen molar-refractivity contribution in [3.8, 4) is 0 Å². The minimum Gasteiger partial charge on any atom is -0.469 e. The van der Waals surface area contributed by atoms with E-state index in [0.29, 0.717) is 25.8 Å². The van der Waals surface area contributed by atoms with Gasteiger partial charge in [0.2, 0.25) is 5.91 Å². The second-order valence-corrected chi connectivity index (χ2v) is 6.68. The lowest BCUT2D eigenvalue weighted by atomic mass is 10.0. The molecule has 1 heterocycles. The number of methoxy groups -OCH3 is 1. The number of amides is 1. The Morgan fingerprint density at radius 2 is 1.88 bits per heavy atom. The highest BCUT2D eigenvalue weighted by atomic mass is 16.5. The van der Waals surface area contributed by atoms with E-state index in [2.05, 4.69) is 16.9 Å². The van der Waals surface area contributed by atoms with Gasteiger partial charge >= 0.3 is 5.97 Å². The average Bonchev–Trinajstić information content (AvgIpc) is 2.65. The topological polar surface area (TPSA) is 63.7 Å². The van der Waals surface area contributed by atoms with Gasteiger partial charge in [-0.3, -0.25) is 9.59 Å². The van der Waals surface area contributed by atoms with Crippen molar-refractivity contribution < 1.29 is 19.1 Å². The fourth-order valence-electron chi connectivity index (χ4n) is 3.08. The van der Waals surface area contributed by atoms with Crippen LogP contribution in [-0.2, 0) is 19.1 Å². The van der Waals surface area contributed by atoms with Gasteiger partial charge in [0.15, 0.2) is 0 Å². The van der Waals surface area contributed by atoms with Crippen molar-refractivity contribution in [1.29, 1.82) is 0 Å². The Balaban J connectivity index is 2.33. The summed E-state index contributed by atoms with van der Waals surface area (Å²) >= 11 is 0. The zero-order valence-electron chi connectivity index (χ0n) is 16.0. The molecule has 1 amide bonds. The van der Waals surface area contributed by atoms with Crippen molar-refractivity contribution in [1.82, 2.24) is 4.90 Å². The third kappa shape index (κ3) is 9.54. The Labute approximate surface area is 157 Å². The van der Waals surface area contributed by atoms with Gasteiger partial charge < -0.3 is 14.4 Å².